The highest BCUT2D eigenvalue weighted by molar-refractivity contribution is 6.30. The van der Waals surface area contributed by atoms with E-state index >= 15 is 0 Å². The van der Waals surface area contributed by atoms with Crippen LogP contribution in [0.5, 0.6) is 0 Å². The quantitative estimate of drug-likeness (QED) is 0.804. The molecule has 4 nitrogen and oxygen atoms in total. The molecule has 0 aliphatic heterocycles. The van der Waals surface area contributed by atoms with Crippen molar-refractivity contribution in [2.24, 2.45) is 0 Å². The Morgan fingerprint density at radius 2 is 1.95 bits per heavy atom. The minimum Gasteiger partial charge on any atom is -0.329 e. The lowest BCUT2D eigenvalue weighted by Crippen LogP contribution is -2.14. The summed E-state index contributed by atoms with van der Waals surface area (Å²) in [4.78, 5) is 10.3. The van der Waals surface area contributed by atoms with Gasteiger partial charge in [0.1, 0.15) is 17.3 Å². The Morgan fingerprint density at radius 1 is 1.25 bits per heavy atom. The highest BCUT2D eigenvalue weighted by Crippen LogP contribution is 2.29. The van der Waals surface area contributed by atoms with Gasteiger partial charge >= 0.3 is 0 Å². The molecule has 0 bridgehead atoms. The van der Waals surface area contributed by atoms with Gasteiger partial charge in [-0.3, -0.25) is 0 Å². The summed E-state index contributed by atoms with van der Waals surface area (Å²) in [5, 5.41) is 9.33. The maximum absolute atomic E-state index is 8.83. The molecule has 0 saturated carbocycles. The van der Waals surface area contributed by atoms with Gasteiger partial charge < -0.3 is 4.90 Å². The first-order chi connectivity index (χ1) is 9.67. The fourth-order valence-corrected chi connectivity index (χ4v) is 2.24. The highest BCUT2D eigenvalue weighted by atomic mass is 35.5. The molecule has 0 fully saturated rings. The predicted molar refractivity (Wildman–Crippen MR) is 80.3 cm³/mol. The van der Waals surface area contributed by atoms with Crippen LogP contribution in [0.25, 0.3) is 0 Å². The van der Waals surface area contributed by atoms with Gasteiger partial charge in [0, 0.05) is 18.3 Å². The molecule has 2 rings (SSSR count). The van der Waals surface area contributed by atoms with E-state index in [0.29, 0.717) is 10.7 Å². The van der Waals surface area contributed by atoms with Crippen LogP contribution in [-0.4, -0.2) is 17.0 Å². The Balaban J connectivity index is 2.39. The molecule has 0 atom stereocenters. The van der Waals surface area contributed by atoms with Crippen LogP contribution < -0.4 is 4.90 Å². The fraction of sp³-hybridized carbons (Fsp3) is 0.267. The number of anilines is 2. The van der Waals surface area contributed by atoms with Crippen LogP contribution in [0, 0.1) is 11.3 Å². The fourth-order valence-electron chi connectivity index (χ4n) is 2.02. The molecule has 102 valence electrons. The molecule has 0 saturated heterocycles. The van der Waals surface area contributed by atoms with E-state index in [-0.39, 0.29) is 0 Å². The van der Waals surface area contributed by atoms with Crippen molar-refractivity contribution in [3.63, 3.8) is 0 Å². The third kappa shape index (κ3) is 2.89. The lowest BCUT2D eigenvalue weighted by Gasteiger charge is -2.21. The third-order valence-electron chi connectivity index (χ3n) is 3.07. The molecule has 1 aromatic carbocycles. The van der Waals surface area contributed by atoms with Gasteiger partial charge in [0.05, 0.1) is 11.6 Å². The van der Waals surface area contributed by atoms with Gasteiger partial charge in [-0.1, -0.05) is 24.9 Å². The Kier molecular flexibility index (Phi) is 4.54. The predicted octanol–water partition coefficient (Wildman–Crippen LogP) is 3.72. The smallest absolute Gasteiger partial charge is 0.140 e. The third-order valence-corrected chi connectivity index (χ3v) is 3.40. The van der Waals surface area contributed by atoms with Crippen molar-refractivity contribution in [1.82, 2.24) is 9.97 Å². The molecule has 1 aromatic heterocycles. The number of nitriles is 1. The zero-order valence-corrected chi connectivity index (χ0v) is 12.2. The number of aromatic nitrogens is 2. The molecule has 0 N–H and O–H groups in total. The van der Waals surface area contributed by atoms with Crippen molar-refractivity contribution >= 4 is 23.1 Å². The summed E-state index contributed by atoms with van der Waals surface area (Å²) in [6, 6.07) is 9.47. The first kappa shape index (κ1) is 14.3. The summed E-state index contributed by atoms with van der Waals surface area (Å²) < 4.78 is 0. The van der Waals surface area contributed by atoms with E-state index in [2.05, 4.69) is 23.0 Å². The summed E-state index contributed by atoms with van der Waals surface area (Å²) in [5.74, 6) is 0.802. The molecule has 2 aromatic rings. The molecule has 0 radical (unpaired) electrons. The Bertz CT molecular complexity index is 631. The van der Waals surface area contributed by atoms with Gasteiger partial charge in [-0.2, -0.15) is 5.26 Å². The van der Waals surface area contributed by atoms with E-state index in [1.807, 2.05) is 24.1 Å². The number of hydrogen-bond acceptors (Lipinski definition) is 4. The molecule has 0 spiro atoms. The van der Waals surface area contributed by atoms with E-state index in [0.717, 1.165) is 29.9 Å². The zero-order chi connectivity index (χ0) is 14.5. The van der Waals surface area contributed by atoms with E-state index in [9.17, 15) is 0 Å². The minimum absolute atomic E-state index is 0.498. The van der Waals surface area contributed by atoms with Crippen LogP contribution in [-0.2, 0) is 6.42 Å². The Hall–Kier alpha value is -2.12. The van der Waals surface area contributed by atoms with Crippen LogP contribution >= 0.6 is 11.6 Å². The molecule has 0 aliphatic rings. The summed E-state index contributed by atoms with van der Waals surface area (Å²) in [6.45, 7) is 2.09. The van der Waals surface area contributed by atoms with Gasteiger partial charge in [0.15, 0.2) is 0 Å². The van der Waals surface area contributed by atoms with E-state index in [4.69, 9.17) is 16.9 Å². The van der Waals surface area contributed by atoms with Gasteiger partial charge in [0.25, 0.3) is 0 Å². The minimum atomic E-state index is 0.498. The topological polar surface area (TPSA) is 52.8 Å². The first-order valence-electron chi connectivity index (χ1n) is 6.40. The normalized spacial score (nSPS) is 10.1. The van der Waals surface area contributed by atoms with Crippen LogP contribution in [0.1, 0.15) is 24.5 Å². The lowest BCUT2D eigenvalue weighted by molar-refractivity contribution is 0.891. The van der Waals surface area contributed by atoms with E-state index in [1.165, 1.54) is 6.33 Å². The Labute approximate surface area is 123 Å². The highest BCUT2D eigenvalue weighted by Gasteiger charge is 2.14. The monoisotopic (exact) mass is 286 g/mol. The molecular weight excluding hydrogens is 272 g/mol. The molecule has 1 heterocycles. The van der Waals surface area contributed by atoms with Gasteiger partial charge in [-0.05, 0) is 30.7 Å². The summed E-state index contributed by atoms with van der Waals surface area (Å²) >= 11 is 6.17. The summed E-state index contributed by atoms with van der Waals surface area (Å²) in [6.07, 6.45) is 3.27. The second kappa shape index (κ2) is 6.36. The van der Waals surface area contributed by atoms with Crippen molar-refractivity contribution in [2.45, 2.75) is 19.8 Å². The number of halogens is 1. The standard InChI is InChI=1S/C15H15ClN4/c1-3-4-13-14(16)18-10-19-15(13)20(2)12-7-5-11(9-17)6-8-12/h5-8,10H,3-4H2,1-2H3. The summed E-state index contributed by atoms with van der Waals surface area (Å²) in [5.41, 5.74) is 2.54. The second-order valence-electron chi connectivity index (χ2n) is 4.43. The number of hydrogen-bond donors (Lipinski definition) is 0. The molecule has 0 amide bonds. The lowest BCUT2D eigenvalue weighted by atomic mass is 10.1. The maximum atomic E-state index is 8.83. The van der Waals surface area contributed by atoms with Crippen LogP contribution in [0.4, 0.5) is 11.5 Å². The molecule has 5 heteroatoms. The van der Waals surface area contributed by atoms with Crippen LogP contribution in [0.2, 0.25) is 5.15 Å². The molecule has 0 aliphatic carbocycles. The number of nitrogens with zero attached hydrogens (tertiary/aromatic N) is 4. The second-order valence-corrected chi connectivity index (χ2v) is 4.79. The SMILES string of the molecule is CCCc1c(Cl)ncnc1N(C)c1ccc(C#N)cc1. The van der Waals surface area contributed by atoms with Crippen molar-refractivity contribution in [3.05, 3.63) is 46.9 Å². The van der Waals surface area contributed by atoms with Crippen molar-refractivity contribution in [2.75, 3.05) is 11.9 Å². The van der Waals surface area contributed by atoms with Gasteiger partial charge in [-0.25, -0.2) is 9.97 Å². The zero-order valence-electron chi connectivity index (χ0n) is 11.5. The summed E-state index contributed by atoms with van der Waals surface area (Å²) in [7, 11) is 1.93. The average Bonchev–Trinajstić information content (AvgIpc) is 2.49. The Morgan fingerprint density at radius 3 is 2.55 bits per heavy atom. The maximum Gasteiger partial charge on any atom is 0.140 e. The van der Waals surface area contributed by atoms with Crippen molar-refractivity contribution in [1.29, 1.82) is 5.26 Å². The molecule has 0 unspecified atom stereocenters. The van der Waals surface area contributed by atoms with E-state index in [1.54, 1.807) is 12.1 Å². The van der Waals surface area contributed by atoms with Crippen molar-refractivity contribution in [3.8, 4) is 6.07 Å². The van der Waals surface area contributed by atoms with E-state index < -0.39 is 0 Å². The van der Waals surface area contributed by atoms with Gasteiger partial charge in [0.2, 0.25) is 0 Å². The van der Waals surface area contributed by atoms with Crippen LogP contribution in [0.3, 0.4) is 0 Å². The van der Waals surface area contributed by atoms with Gasteiger partial charge in [-0.15, -0.1) is 0 Å². The molecular formula is C15H15ClN4. The van der Waals surface area contributed by atoms with Crippen molar-refractivity contribution < 1.29 is 0 Å². The number of benzene rings is 1. The first-order valence-corrected chi connectivity index (χ1v) is 6.78. The average molecular weight is 287 g/mol. The molecule has 20 heavy (non-hydrogen) atoms. The largest absolute Gasteiger partial charge is 0.329 e. The van der Waals surface area contributed by atoms with Crippen LogP contribution in [0.15, 0.2) is 30.6 Å². The number of rotatable bonds is 4.